The van der Waals surface area contributed by atoms with E-state index in [-0.39, 0.29) is 11.4 Å². The SMILES string of the molecule is Cc1ccc(S(=O)(=O)NCc2cnn(C)c2N)cc1F. The summed E-state index contributed by atoms with van der Waals surface area (Å²) >= 11 is 0. The van der Waals surface area contributed by atoms with E-state index in [4.69, 9.17) is 5.73 Å². The monoisotopic (exact) mass is 298 g/mol. The molecule has 3 N–H and O–H groups in total. The van der Waals surface area contributed by atoms with Crippen LogP contribution in [0.4, 0.5) is 10.2 Å². The molecule has 2 aromatic rings. The van der Waals surface area contributed by atoms with Crippen LogP contribution in [0.2, 0.25) is 0 Å². The highest BCUT2D eigenvalue weighted by atomic mass is 32.2. The lowest BCUT2D eigenvalue weighted by Crippen LogP contribution is -2.23. The van der Waals surface area contributed by atoms with Gasteiger partial charge in [-0.3, -0.25) is 4.68 Å². The van der Waals surface area contributed by atoms with Crippen molar-refractivity contribution in [2.45, 2.75) is 18.4 Å². The number of hydrogen-bond donors (Lipinski definition) is 2. The Morgan fingerprint density at radius 3 is 2.70 bits per heavy atom. The summed E-state index contributed by atoms with van der Waals surface area (Å²) in [5, 5.41) is 3.91. The number of nitrogens with zero attached hydrogens (tertiary/aromatic N) is 2. The molecule has 20 heavy (non-hydrogen) atoms. The number of nitrogens with one attached hydrogen (secondary N) is 1. The number of nitrogens with two attached hydrogens (primary N) is 1. The summed E-state index contributed by atoms with van der Waals surface area (Å²) in [6.45, 7) is 1.56. The zero-order chi connectivity index (χ0) is 14.9. The van der Waals surface area contributed by atoms with E-state index < -0.39 is 15.8 Å². The van der Waals surface area contributed by atoms with Gasteiger partial charge in [0.15, 0.2) is 0 Å². The lowest BCUT2D eigenvalue weighted by molar-refractivity contribution is 0.576. The van der Waals surface area contributed by atoms with Gasteiger partial charge in [-0.15, -0.1) is 0 Å². The van der Waals surface area contributed by atoms with Crippen LogP contribution in [0.3, 0.4) is 0 Å². The van der Waals surface area contributed by atoms with E-state index in [1.807, 2.05) is 0 Å². The van der Waals surface area contributed by atoms with Crippen molar-refractivity contribution < 1.29 is 12.8 Å². The Morgan fingerprint density at radius 1 is 1.45 bits per heavy atom. The molecule has 1 aromatic heterocycles. The Balaban J connectivity index is 2.19. The van der Waals surface area contributed by atoms with Crippen molar-refractivity contribution in [1.29, 1.82) is 0 Å². The number of sulfonamides is 1. The second-order valence-corrected chi connectivity index (χ2v) is 6.18. The predicted molar refractivity (Wildman–Crippen MR) is 72.8 cm³/mol. The Kier molecular flexibility index (Phi) is 3.78. The van der Waals surface area contributed by atoms with E-state index in [0.29, 0.717) is 16.9 Å². The lowest BCUT2D eigenvalue weighted by atomic mass is 10.2. The van der Waals surface area contributed by atoms with Gasteiger partial charge in [0.05, 0.1) is 11.1 Å². The Morgan fingerprint density at radius 2 is 2.15 bits per heavy atom. The lowest BCUT2D eigenvalue weighted by Gasteiger charge is -2.07. The standard InChI is InChI=1S/C12H15FN4O2S/c1-8-3-4-10(5-11(8)13)20(18,19)16-7-9-6-15-17(2)12(9)14/h3-6,16H,7,14H2,1-2H3. The van der Waals surface area contributed by atoms with Crippen LogP contribution < -0.4 is 10.5 Å². The van der Waals surface area contributed by atoms with Gasteiger partial charge >= 0.3 is 0 Å². The van der Waals surface area contributed by atoms with Gasteiger partial charge in [-0.2, -0.15) is 5.10 Å². The number of nitrogen functional groups attached to an aromatic ring is 1. The Bertz CT molecular complexity index is 740. The average Bonchev–Trinajstić information content (AvgIpc) is 2.71. The first kappa shape index (κ1) is 14.5. The maximum Gasteiger partial charge on any atom is 0.240 e. The van der Waals surface area contributed by atoms with Crippen LogP contribution in [0.15, 0.2) is 29.3 Å². The van der Waals surface area contributed by atoms with Crippen molar-refractivity contribution in [1.82, 2.24) is 14.5 Å². The van der Waals surface area contributed by atoms with E-state index >= 15 is 0 Å². The van der Waals surface area contributed by atoms with Gasteiger partial charge in [-0.1, -0.05) is 6.07 Å². The fourth-order valence-corrected chi connectivity index (χ4v) is 2.64. The van der Waals surface area contributed by atoms with E-state index in [1.54, 1.807) is 14.0 Å². The summed E-state index contributed by atoms with van der Waals surface area (Å²) in [5.41, 5.74) is 6.67. The molecule has 0 aliphatic carbocycles. The minimum absolute atomic E-state index is 0.00248. The van der Waals surface area contributed by atoms with Crippen LogP contribution in [0.25, 0.3) is 0 Å². The molecule has 0 unspecified atom stereocenters. The summed E-state index contributed by atoms with van der Waals surface area (Å²) in [5.74, 6) is -0.184. The quantitative estimate of drug-likeness (QED) is 0.878. The van der Waals surface area contributed by atoms with Gasteiger partial charge in [0.1, 0.15) is 11.6 Å². The maximum atomic E-state index is 13.4. The Labute approximate surface area is 116 Å². The second kappa shape index (κ2) is 5.22. The molecule has 0 spiro atoms. The van der Waals surface area contributed by atoms with Crippen LogP contribution in [-0.2, 0) is 23.6 Å². The molecular formula is C12H15FN4O2S. The molecule has 0 atom stereocenters. The first-order valence-corrected chi connectivity index (χ1v) is 7.32. The Hall–Kier alpha value is -1.93. The minimum Gasteiger partial charge on any atom is -0.384 e. The average molecular weight is 298 g/mol. The first-order chi connectivity index (χ1) is 9.31. The zero-order valence-electron chi connectivity index (χ0n) is 11.1. The third-order valence-electron chi connectivity index (χ3n) is 2.97. The van der Waals surface area contributed by atoms with Crippen molar-refractivity contribution in [3.63, 3.8) is 0 Å². The predicted octanol–water partition coefficient (Wildman–Crippen LogP) is 0.928. The normalized spacial score (nSPS) is 11.8. The number of halogens is 1. The third-order valence-corrected chi connectivity index (χ3v) is 4.37. The molecule has 8 heteroatoms. The van der Waals surface area contributed by atoms with E-state index in [2.05, 4.69) is 9.82 Å². The van der Waals surface area contributed by atoms with Crippen molar-refractivity contribution in [3.8, 4) is 0 Å². The molecule has 0 radical (unpaired) electrons. The molecule has 0 aliphatic rings. The van der Waals surface area contributed by atoms with Gasteiger partial charge in [0, 0.05) is 19.2 Å². The zero-order valence-corrected chi connectivity index (χ0v) is 11.9. The largest absolute Gasteiger partial charge is 0.384 e. The number of aromatic nitrogens is 2. The highest BCUT2D eigenvalue weighted by Gasteiger charge is 2.16. The highest BCUT2D eigenvalue weighted by Crippen LogP contribution is 2.15. The van der Waals surface area contributed by atoms with Crippen molar-refractivity contribution in [2.24, 2.45) is 7.05 Å². The topological polar surface area (TPSA) is 90.0 Å². The van der Waals surface area contributed by atoms with Crippen LogP contribution in [0.1, 0.15) is 11.1 Å². The molecule has 6 nitrogen and oxygen atoms in total. The van der Waals surface area contributed by atoms with Crippen LogP contribution in [-0.4, -0.2) is 18.2 Å². The second-order valence-electron chi connectivity index (χ2n) is 4.41. The molecule has 108 valence electrons. The summed E-state index contributed by atoms with van der Waals surface area (Å²) in [6, 6.07) is 3.76. The molecule has 0 amide bonds. The summed E-state index contributed by atoms with van der Waals surface area (Å²) in [6.07, 6.45) is 1.48. The number of aryl methyl sites for hydroxylation is 2. The van der Waals surface area contributed by atoms with Gasteiger partial charge < -0.3 is 5.73 Å². The molecule has 0 saturated heterocycles. The molecule has 2 rings (SSSR count). The fraction of sp³-hybridized carbons (Fsp3) is 0.250. The van der Waals surface area contributed by atoms with Crippen molar-refractivity contribution >= 4 is 15.8 Å². The van der Waals surface area contributed by atoms with E-state index in [0.717, 1.165) is 6.07 Å². The highest BCUT2D eigenvalue weighted by molar-refractivity contribution is 7.89. The first-order valence-electron chi connectivity index (χ1n) is 5.83. The van der Waals surface area contributed by atoms with Crippen molar-refractivity contribution in [3.05, 3.63) is 41.3 Å². The number of rotatable bonds is 4. The van der Waals surface area contributed by atoms with E-state index in [9.17, 15) is 12.8 Å². The molecule has 1 aromatic carbocycles. The molecule has 1 heterocycles. The minimum atomic E-state index is -3.79. The number of hydrogen-bond acceptors (Lipinski definition) is 4. The van der Waals surface area contributed by atoms with E-state index in [1.165, 1.54) is 23.0 Å². The molecule has 0 saturated carbocycles. The molecule has 0 aliphatic heterocycles. The van der Waals surface area contributed by atoms with Gasteiger partial charge in [0.2, 0.25) is 10.0 Å². The van der Waals surface area contributed by atoms with Gasteiger partial charge in [0.25, 0.3) is 0 Å². The molecule has 0 fully saturated rings. The smallest absolute Gasteiger partial charge is 0.240 e. The summed E-state index contributed by atoms with van der Waals surface area (Å²) in [4.78, 5) is -0.122. The van der Waals surface area contributed by atoms with Crippen molar-refractivity contribution in [2.75, 3.05) is 5.73 Å². The molecular weight excluding hydrogens is 283 g/mol. The van der Waals surface area contributed by atoms with Crippen LogP contribution in [0, 0.1) is 12.7 Å². The summed E-state index contributed by atoms with van der Waals surface area (Å²) in [7, 11) is -2.13. The number of anilines is 1. The molecule has 0 bridgehead atoms. The van der Waals surface area contributed by atoms with Gasteiger partial charge in [-0.25, -0.2) is 17.5 Å². The van der Waals surface area contributed by atoms with Crippen LogP contribution >= 0.6 is 0 Å². The third kappa shape index (κ3) is 2.81. The fourth-order valence-electron chi connectivity index (χ4n) is 1.63. The van der Waals surface area contributed by atoms with Gasteiger partial charge in [-0.05, 0) is 24.6 Å². The summed E-state index contributed by atoms with van der Waals surface area (Å²) < 4.78 is 41.3. The van der Waals surface area contributed by atoms with Crippen LogP contribution in [0.5, 0.6) is 0 Å². The maximum absolute atomic E-state index is 13.4. The number of benzene rings is 1.